The van der Waals surface area contributed by atoms with E-state index in [0.717, 1.165) is 5.01 Å². The number of aromatic nitrogens is 1. The lowest BCUT2D eigenvalue weighted by Crippen LogP contribution is -2.33. The summed E-state index contributed by atoms with van der Waals surface area (Å²) in [5, 5.41) is 12.6. The van der Waals surface area contributed by atoms with Crippen molar-refractivity contribution in [3.63, 3.8) is 0 Å². The minimum absolute atomic E-state index is 0.128. The Hall–Kier alpha value is -1.47. The number of hydrogen-bond acceptors (Lipinski definition) is 5. The number of carboxylic acids is 1. The number of carbonyl (C=O) groups is 2. The fraction of sp³-hybridized carbons (Fsp3) is 0.643. The molecule has 0 aromatic carbocycles. The molecule has 21 heavy (non-hydrogen) atoms. The maximum Gasteiger partial charge on any atom is 0.308 e. The zero-order valence-electron chi connectivity index (χ0n) is 12.8. The summed E-state index contributed by atoms with van der Waals surface area (Å²) in [5.74, 6) is -1.46. The van der Waals surface area contributed by atoms with Gasteiger partial charge in [-0.05, 0) is 19.3 Å². The van der Waals surface area contributed by atoms with Crippen LogP contribution in [-0.4, -0.2) is 35.6 Å². The minimum atomic E-state index is -0.884. The zero-order valence-corrected chi connectivity index (χ0v) is 13.6. The number of methoxy groups -OCH3 is 1. The van der Waals surface area contributed by atoms with Gasteiger partial charge in [-0.25, -0.2) is 4.98 Å². The van der Waals surface area contributed by atoms with E-state index in [9.17, 15) is 9.59 Å². The van der Waals surface area contributed by atoms with Crippen LogP contribution < -0.4 is 5.32 Å². The van der Waals surface area contributed by atoms with Gasteiger partial charge in [0, 0.05) is 13.7 Å². The number of ether oxygens (including phenoxy) is 1. The van der Waals surface area contributed by atoms with Crippen LogP contribution in [0.1, 0.15) is 40.6 Å². The highest BCUT2D eigenvalue weighted by Gasteiger charge is 2.21. The number of amides is 1. The highest BCUT2D eigenvalue weighted by Crippen LogP contribution is 2.19. The molecule has 0 fully saturated rings. The minimum Gasteiger partial charge on any atom is -0.481 e. The van der Waals surface area contributed by atoms with E-state index in [0.29, 0.717) is 23.6 Å². The lowest BCUT2D eigenvalue weighted by Gasteiger charge is -2.15. The number of aliphatic carboxylic acids is 1. The van der Waals surface area contributed by atoms with Crippen LogP contribution in [0.4, 0.5) is 0 Å². The zero-order chi connectivity index (χ0) is 16.0. The fourth-order valence-electron chi connectivity index (χ4n) is 1.98. The van der Waals surface area contributed by atoms with E-state index >= 15 is 0 Å². The Bertz CT molecular complexity index is 499. The van der Waals surface area contributed by atoms with E-state index in [2.05, 4.69) is 10.3 Å². The third-order valence-electron chi connectivity index (χ3n) is 2.93. The van der Waals surface area contributed by atoms with E-state index < -0.39 is 11.9 Å². The van der Waals surface area contributed by atoms with Crippen molar-refractivity contribution in [2.45, 2.75) is 33.8 Å². The lowest BCUT2D eigenvalue weighted by atomic mass is 9.97. The first-order chi connectivity index (χ1) is 9.85. The molecule has 1 aromatic rings. The number of rotatable bonds is 8. The number of carbonyl (C=O) groups excluding carboxylic acids is 1. The van der Waals surface area contributed by atoms with Gasteiger partial charge in [0.1, 0.15) is 9.88 Å². The monoisotopic (exact) mass is 314 g/mol. The topological polar surface area (TPSA) is 88.5 Å². The van der Waals surface area contributed by atoms with Crippen molar-refractivity contribution >= 4 is 23.2 Å². The molecule has 0 aliphatic heterocycles. The quantitative estimate of drug-likeness (QED) is 0.767. The van der Waals surface area contributed by atoms with Gasteiger partial charge < -0.3 is 15.2 Å². The standard InChI is InChI=1S/C14H22N2O4S/c1-8(2)5-10(14(18)19)6-15-13(17)12-9(3)16-11(21-12)7-20-4/h8,10H,5-7H2,1-4H3,(H,15,17)(H,18,19). The second kappa shape index (κ2) is 8.09. The SMILES string of the molecule is COCc1nc(C)c(C(=O)NCC(CC(C)C)C(=O)O)s1. The molecule has 0 bridgehead atoms. The summed E-state index contributed by atoms with van der Waals surface area (Å²) >= 11 is 1.27. The molecule has 118 valence electrons. The van der Waals surface area contributed by atoms with Crippen LogP contribution >= 0.6 is 11.3 Å². The summed E-state index contributed by atoms with van der Waals surface area (Å²) in [4.78, 5) is 28.0. The van der Waals surface area contributed by atoms with Crippen LogP contribution in [-0.2, 0) is 16.1 Å². The molecule has 1 unspecified atom stereocenters. The van der Waals surface area contributed by atoms with Gasteiger partial charge in [-0.15, -0.1) is 11.3 Å². The van der Waals surface area contributed by atoms with Crippen LogP contribution in [0, 0.1) is 18.8 Å². The second-order valence-corrected chi connectivity index (χ2v) is 6.41. The Morgan fingerprint density at radius 1 is 1.43 bits per heavy atom. The van der Waals surface area contributed by atoms with Crippen molar-refractivity contribution in [2.24, 2.45) is 11.8 Å². The number of aryl methyl sites for hydroxylation is 1. The molecule has 1 amide bonds. The summed E-state index contributed by atoms with van der Waals surface area (Å²) < 4.78 is 4.99. The third kappa shape index (κ3) is 5.43. The number of nitrogens with zero attached hydrogens (tertiary/aromatic N) is 1. The molecule has 0 aliphatic carbocycles. The molecule has 1 heterocycles. The van der Waals surface area contributed by atoms with Gasteiger partial charge in [0.25, 0.3) is 5.91 Å². The smallest absolute Gasteiger partial charge is 0.308 e. The van der Waals surface area contributed by atoms with E-state index in [1.54, 1.807) is 14.0 Å². The molecular formula is C14H22N2O4S. The van der Waals surface area contributed by atoms with Crippen LogP contribution in [0.3, 0.4) is 0 Å². The third-order valence-corrected chi connectivity index (χ3v) is 4.06. The van der Waals surface area contributed by atoms with Gasteiger partial charge in [0.15, 0.2) is 0 Å². The van der Waals surface area contributed by atoms with Gasteiger partial charge in [0.2, 0.25) is 0 Å². The Morgan fingerprint density at radius 3 is 2.62 bits per heavy atom. The number of hydrogen-bond donors (Lipinski definition) is 2. The highest BCUT2D eigenvalue weighted by molar-refractivity contribution is 7.13. The number of thiazole rings is 1. The average Bonchev–Trinajstić information content (AvgIpc) is 2.75. The summed E-state index contributed by atoms with van der Waals surface area (Å²) in [5.41, 5.74) is 0.639. The van der Waals surface area contributed by atoms with E-state index in [1.807, 2.05) is 13.8 Å². The van der Waals surface area contributed by atoms with Gasteiger partial charge >= 0.3 is 5.97 Å². The Balaban J connectivity index is 2.65. The summed E-state index contributed by atoms with van der Waals surface area (Å²) in [6, 6.07) is 0. The van der Waals surface area contributed by atoms with Crippen molar-refractivity contribution in [3.8, 4) is 0 Å². The van der Waals surface area contributed by atoms with Crippen molar-refractivity contribution in [2.75, 3.05) is 13.7 Å². The van der Waals surface area contributed by atoms with E-state index in [1.165, 1.54) is 11.3 Å². The maximum absolute atomic E-state index is 12.1. The summed E-state index contributed by atoms with van der Waals surface area (Å²) in [6.07, 6.45) is 0.534. The number of carboxylic acid groups (broad SMARTS) is 1. The van der Waals surface area contributed by atoms with Crippen LogP contribution in [0.25, 0.3) is 0 Å². The highest BCUT2D eigenvalue weighted by atomic mass is 32.1. The molecule has 0 spiro atoms. The molecule has 1 aromatic heterocycles. The van der Waals surface area contributed by atoms with Crippen LogP contribution in [0.15, 0.2) is 0 Å². The summed E-state index contributed by atoms with van der Waals surface area (Å²) in [7, 11) is 1.57. The van der Waals surface area contributed by atoms with Gasteiger partial charge in [-0.3, -0.25) is 9.59 Å². The largest absolute Gasteiger partial charge is 0.481 e. The number of nitrogens with one attached hydrogen (secondary N) is 1. The molecular weight excluding hydrogens is 292 g/mol. The second-order valence-electron chi connectivity index (χ2n) is 5.33. The maximum atomic E-state index is 12.1. The molecule has 7 heteroatoms. The predicted molar refractivity (Wildman–Crippen MR) is 80.5 cm³/mol. The molecule has 6 nitrogen and oxygen atoms in total. The Kier molecular flexibility index (Phi) is 6.77. The van der Waals surface area contributed by atoms with E-state index in [-0.39, 0.29) is 18.4 Å². The lowest BCUT2D eigenvalue weighted by molar-refractivity contribution is -0.142. The van der Waals surface area contributed by atoms with E-state index in [4.69, 9.17) is 9.84 Å². The molecule has 0 radical (unpaired) electrons. The Morgan fingerprint density at radius 2 is 2.10 bits per heavy atom. The molecule has 0 saturated heterocycles. The summed E-state index contributed by atoms with van der Waals surface area (Å²) in [6.45, 7) is 6.17. The first-order valence-electron chi connectivity index (χ1n) is 6.81. The molecule has 0 aliphatic rings. The van der Waals surface area contributed by atoms with Crippen LogP contribution in [0.5, 0.6) is 0 Å². The average molecular weight is 314 g/mol. The van der Waals surface area contributed by atoms with Gasteiger partial charge in [-0.1, -0.05) is 13.8 Å². The van der Waals surface area contributed by atoms with Gasteiger partial charge in [-0.2, -0.15) is 0 Å². The van der Waals surface area contributed by atoms with Crippen molar-refractivity contribution in [1.82, 2.24) is 10.3 Å². The van der Waals surface area contributed by atoms with Crippen molar-refractivity contribution in [1.29, 1.82) is 0 Å². The molecule has 2 N–H and O–H groups in total. The normalized spacial score (nSPS) is 12.4. The van der Waals surface area contributed by atoms with Crippen molar-refractivity contribution < 1.29 is 19.4 Å². The first kappa shape index (κ1) is 17.6. The molecule has 1 rings (SSSR count). The predicted octanol–water partition coefficient (Wildman–Crippen LogP) is 2.07. The Labute approximate surface area is 128 Å². The molecule has 0 saturated carbocycles. The fourth-order valence-corrected chi connectivity index (χ4v) is 2.94. The van der Waals surface area contributed by atoms with Gasteiger partial charge in [0.05, 0.1) is 18.2 Å². The van der Waals surface area contributed by atoms with Crippen molar-refractivity contribution in [3.05, 3.63) is 15.6 Å². The molecule has 1 atom stereocenters. The van der Waals surface area contributed by atoms with Crippen LogP contribution in [0.2, 0.25) is 0 Å². The first-order valence-corrected chi connectivity index (χ1v) is 7.63.